The number of sulfonamides is 1. The van der Waals surface area contributed by atoms with Gasteiger partial charge in [-0.05, 0) is 60.7 Å². The average molecular weight is 937 g/mol. The topological polar surface area (TPSA) is 133 Å². The number of aryl methyl sites for hydroxylation is 2. The zero-order chi connectivity index (χ0) is 46.4. The number of carbonyl (C=O) groups is 3. The van der Waals surface area contributed by atoms with Crippen LogP contribution in [0.1, 0.15) is 130 Å². The second-order valence-corrected chi connectivity index (χ2v) is 18.6. The molecule has 2 N–H and O–H groups in total. The van der Waals surface area contributed by atoms with Crippen molar-refractivity contribution in [1.82, 2.24) is 4.57 Å². The van der Waals surface area contributed by atoms with Gasteiger partial charge < -0.3 is 19.4 Å². The molecule has 1 unspecified atom stereocenters. The van der Waals surface area contributed by atoms with Crippen LogP contribution in [0.3, 0.4) is 0 Å². The number of benzene rings is 4. The Morgan fingerprint density at radius 1 is 0.785 bits per heavy atom. The average Bonchev–Trinajstić information content (AvgIpc) is 3.62. The maximum atomic E-state index is 15.1. The summed E-state index contributed by atoms with van der Waals surface area (Å²) in [5.41, 5.74) is -2.80. The Labute approximate surface area is 384 Å². The molecule has 348 valence electrons. The minimum Gasteiger partial charge on any atom is -0.472 e. The molecule has 5 aromatic rings. The highest BCUT2D eigenvalue weighted by molar-refractivity contribution is 7.93. The lowest BCUT2D eigenvalue weighted by molar-refractivity contribution is -0.120. The summed E-state index contributed by atoms with van der Waals surface area (Å²) >= 11 is 6.55. The number of unbranched alkanes of at least 4 members (excludes halogenated alkanes) is 13. The first-order valence-electron chi connectivity index (χ1n) is 22.7. The lowest BCUT2D eigenvalue weighted by atomic mass is 9.97. The van der Waals surface area contributed by atoms with E-state index in [9.17, 15) is 31.2 Å². The maximum Gasteiger partial charge on any atom is 0.516 e. The summed E-state index contributed by atoms with van der Waals surface area (Å²) in [6.45, 7) is 3.03. The molecular formula is C50H57ClF3N3O7S. The van der Waals surface area contributed by atoms with Gasteiger partial charge in [-0.25, -0.2) is 4.79 Å². The van der Waals surface area contributed by atoms with Crippen molar-refractivity contribution in [2.45, 2.75) is 128 Å². The number of amides is 1. The van der Waals surface area contributed by atoms with Crippen LogP contribution in [0.15, 0.2) is 91.0 Å². The summed E-state index contributed by atoms with van der Waals surface area (Å²) in [5.74, 6) is -2.72. The number of hydrogen-bond donors (Lipinski definition) is 2. The number of rotatable bonds is 25. The van der Waals surface area contributed by atoms with Crippen molar-refractivity contribution in [2.24, 2.45) is 0 Å². The standard InChI is InChI=1S/C50H57ClF3N3O7S/c1-2-3-4-5-6-7-8-9-10-11-12-13-14-18-32-63-49(60)37-29-30-41(51)42(33-37)55-48(59)47(64-39-27-20-26-38(34-39)56-65(61,62)50(52,53)54)46(58)43-40-28-19-24-35-25-21-31-57(44(35)40)45(43)36-22-16-15-17-23-36/h15-17,19-20,22-24,26-30,33-34,47,56H,2-14,18,21,25,31-32H2,1H3,(H,55,59). The molecule has 0 aliphatic carbocycles. The number of para-hydroxylation sites is 1. The van der Waals surface area contributed by atoms with Gasteiger partial charge in [0.25, 0.3) is 5.91 Å². The van der Waals surface area contributed by atoms with Crippen LogP contribution in [0.4, 0.5) is 24.5 Å². The first kappa shape index (κ1) is 49.1. The number of anilines is 2. The monoisotopic (exact) mass is 935 g/mol. The van der Waals surface area contributed by atoms with Gasteiger partial charge in [-0.3, -0.25) is 14.3 Å². The second kappa shape index (κ2) is 23.2. The number of alkyl halides is 3. The highest BCUT2D eigenvalue weighted by Gasteiger charge is 2.46. The highest BCUT2D eigenvalue weighted by Crippen LogP contribution is 2.40. The molecule has 0 saturated carbocycles. The van der Waals surface area contributed by atoms with Crippen molar-refractivity contribution in [3.63, 3.8) is 0 Å². The number of ketones is 1. The van der Waals surface area contributed by atoms with E-state index < -0.39 is 45.0 Å². The third-order valence-electron chi connectivity index (χ3n) is 11.6. The Bertz CT molecular complexity index is 2530. The minimum atomic E-state index is -5.81. The minimum absolute atomic E-state index is 0.0263. The molecule has 1 aliphatic heterocycles. The van der Waals surface area contributed by atoms with E-state index in [0.29, 0.717) is 29.6 Å². The van der Waals surface area contributed by atoms with Crippen LogP contribution in [-0.2, 0) is 32.5 Å². The molecule has 1 atom stereocenters. The van der Waals surface area contributed by atoms with Crippen LogP contribution in [0, 0.1) is 0 Å². The van der Waals surface area contributed by atoms with E-state index in [4.69, 9.17) is 21.1 Å². The number of nitrogens with zero attached hydrogens (tertiary/aromatic N) is 1. The highest BCUT2D eigenvalue weighted by atomic mass is 35.5. The van der Waals surface area contributed by atoms with Crippen LogP contribution >= 0.6 is 11.6 Å². The van der Waals surface area contributed by atoms with Crippen molar-refractivity contribution in [3.05, 3.63) is 113 Å². The number of nitrogens with one attached hydrogen (secondary N) is 2. The van der Waals surface area contributed by atoms with E-state index >= 15 is 4.79 Å². The van der Waals surface area contributed by atoms with Gasteiger partial charge >= 0.3 is 21.5 Å². The number of hydrogen-bond acceptors (Lipinski definition) is 7. The third kappa shape index (κ3) is 12.9. The second-order valence-electron chi connectivity index (χ2n) is 16.5. The van der Waals surface area contributed by atoms with Gasteiger partial charge in [-0.1, -0.05) is 157 Å². The summed E-state index contributed by atoms with van der Waals surface area (Å²) in [6, 6.07) is 23.5. The van der Waals surface area contributed by atoms with Gasteiger partial charge in [0.05, 0.1) is 45.3 Å². The normalized spacial score (nSPS) is 13.1. The lowest BCUT2D eigenvalue weighted by Crippen LogP contribution is -2.40. The lowest BCUT2D eigenvalue weighted by Gasteiger charge is -2.20. The van der Waals surface area contributed by atoms with Gasteiger partial charge in [0.15, 0.2) is 0 Å². The fraction of sp³-hybridized carbons (Fsp3) is 0.420. The third-order valence-corrected chi connectivity index (χ3v) is 13.0. The van der Waals surface area contributed by atoms with Gasteiger partial charge in [0.1, 0.15) is 5.75 Å². The van der Waals surface area contributed by atoms with Crippen LogP contribution in [-0.4, -0.2) is 48.9 Å². The van der Waals surface area contributed by atoms with E-state index in [1.807, 2.05) is 47.0 Å². The number of ether oxygens (including phenoxy) is 2. The van der Waals surface area contributed by atoms with Gasteiger partial charge in [-0.2, -0.15) is 21.6 Å². The number of halogens is 4. The molecule has 1 aromatic heterocycles. The summed E-state index contributed by atoms with van der Waals surface area (Å²) in [4.78, 5) is 42.8. The summed E-state index contributed by atoms with van der Waals surface area (Å²) in [5, 5.41) is 3.24. The van der Waals surface area contributed by atoms with Gasteiger partial charge in [0.2, 0.25) is 11.9 Å². The Hall–Kier alpha value is -5.34. The molecule has 6 rings (SSSR count). The Balaban J connectivity index is 1.17. The fourth-order valence-electron chi connectivity index (χ4n) is 8.32. The van der Waals surface area contributed by atoms with E-state index in [-0.39, 0.29) is 34.2 Å². The van der Waals surface area contributed by atoms with Crippen LogP contribution in [0.25, 0.3) is 22.2 Å². The number of carbonyl (C=O) groups excluding carboxylic acids is 3. The van der Waals surface area contributed by atoms with E-state index in [0.717, 1.165) is 55.3 Å². The number of Topliss-reactive ketones (excluding diaryl/α,β-unsaturated/α-hetero) is 1. The van der Waals surface area contributed by atoms with E-state index in [1.54, 1.807) is 6.07 Å². The first-order valence-corrected chi connectivity index (χ1v) is 24.5. The Morgan fingerprint density at radius 3 is 2.09 bits per heavy atom. The van der Waals surface area contributed by atoms with Crippen LogP contribution in [0.5, 0.6) is 5.75 Å². The molecule has 0 radical (unpaired) electrons. The van der Waals surface area contributed by atoms with Crippen molar-refractivity contribution >= 4 is 61.6 Å². The van der Waals surface area contributed by atoms with Gasteiger partial charge in [-0.15, -0.1) is 0 Å². The molecule has 4 aromatic carbocycles. The van der Waals surface area contributed by atoms with E-state index in [2.05, 4.69) is 12.2 Å². The zero-order valence-electron chi connectivity index (χ0n) is 36.7. The fourth-order valence-corrected chi connectivity index (χ4v) is 9.03. The molecule has 65 heavy (non-hydrogen) atoms. The predicted molar refractivity (Wildman–Crippen MR) is 250 cm³/mol. The number of esters is 1. The summed E-state index contributed by atoms with van der Waals surface area (Å²) in [6.07, 6.45) is 16.3. The van der Waals surface area contributed by atoms with Crippen molar-refractivity contribution in [1.29, 1.82) is 0 Å². The molecule has 0 fully saturated rings. The smallest absolute Gasteiger partial charge is 0.472 e. The Morgan fingerprint density at radius 2 is 1.43 bits per heavy atom. The van der Waals surface area contributed by atoms with Crippen LogP contribution < -0.4 is 14.8 Å². The maximum absolute atomic E-state index is 15.1. The molecule has 15 heteroatoms. The number of aromatic nitrogens is 1. The predicted octanol–water partition coefficient (Wildman–Crippen LogP) is 13.1. The molecule has 2 heterocycles. The summed E-state index contributed by atoms with van der Waals surface area (Å²) in [7, 11) is -5.81. The summed E-state index contributed by atoms with van der Waals surface area (Å²) < 4.78 is 78.9. The van der Waals surface area contributed by atoms with Crippen molar-refractivity contribution in [3.8, 4) is 17.0 Å². The molecule has 1 amide bonds. The van der Waals surface area contributed by atoms with Gasteiger partial charge in [0, 0.05) is 18.0 Å². The molecule has 1 aliphatic rings. The van der Waals surface area contributed by atoms with Crippen molar-refractivity contribution < 1.29 is 45.4 Å². The van der Waals surface area contributed by atoms with Crippen molar-refractivity contribution in [2.75, 3.05) is 16.6 Å². The Kier molecular flexibility index (Phi) is 17.5. The molecular weight excluding hydrogens is 879 g/mol. The van der Waals surface area contributed by atoms with E-state index in [1.165, 1.54) is 99.3 Å². The largest absolute Gasteiger partial charge is 0.516 e. The SMILES string of the molecule is CCCCCCCCCCCCCCCCOC(=O)c1ccc(Cl)c(NC(=O)C(Oc2cccc(NS(=O)(=O)C(F)(F)F)c2)C(=O)c2c(-c3ccccc3)n3c4c(cccc24)CCC3)c1. The van der Waals surface area contributed by atoms with Crippen LogP contribution in [0.2, 0.25) is 5.02 Å². The zero-order valence-corrected chi connectivity index (χ0v) is 38.3. The molecule has 10 nitrogen and oxygen atoms in total. The quantitative estimate of drug-likeness (QED) is 0.0258. The molecule has 0 spiro atoms. The first-order chi connectivity index (χ1) is 31.3. The molecule has 0 bridgehead atoms. The molecule has 0 saturated heterocycles.